The molecule has 2 aliphatic heterocycles. The molecular weight excluding hydrogens is 306 g/mol. The first kappa shape index (κ1) is 15.4. The first-order valence-electron chi connectivity index (χ1n) is 8.64. The maximum Gasteiger partial charge on any atom is 0.0916 e. The van der Waals surface area contributed by atoms with Crippen molar-refractivity contribution in [3.05, 3.63) is 39.3 Å². The van der Waals surface area contributed by atoms with Crippen LogP contribution in [0.15, 0.2) is 18.2 Å². The molecule has 0 N–H and O–H groups in total. The molecule has 0 unspecified atom stereocenters. The second-order valence-corrected chi connectivity index (χ2v) is 8.08. The fourth-order valence-electron chi connectivity index (χ4n) is 3.68. The van der Waals surface area contributed by atoms with E-state index in [-0.39, 0.29) is 0 Å². The minimum Gasteiger partial charge on any atom is -0.373 e. The Kier molecular flexibility index (Phi) is 4.26. The Morgan fingerprint density at radius 3 is 2.83 bits per heavy atom. The van der Waals surface area contributed by atoms with Crippen molar-refractivity contribution in [3.63, 3.8) is 0 Å². The van der Waals surface area contributed by atoms with E-state index in [1.807, 2.05) is 11.3 Å². The van der Waals surface area contributed by atoms with Crippen LogP contribution in [-0.4, -0.2) is 34.4 Å². The highest BCUT2D eigenvalue weighted by atomic mass is 32.1. The SMILES string of the molecule is Cc1cc(C)n(C2CN(Cc3ccc([C@H]4CCCCO4)s3)C2)n1. The number of hydrogen-bond acceptors (Lipinski definition) is 4. The molecule has 4 heterocycles. The number of thiophene rings is 1. The number of aromatic nitrogens is 2. The van der Waals surface area contributed by atoms with Crippen LogP contribution in [0.25, 0.3) is 0 Å². The van der Waals surface area contributed by atoms with Crippen molar-refractivity contribution in [3.8, 4) is 0 Å². The lowest BCUT2D eigenvalue weighted by Crippen LogP contribution is -2.47. The van der Waals surface area contributed by atoms with Crippen LogP contribution in [0, 0.1) is 13.8 Å². The van der Waals surface area contributed by atoms with Gasteiger partial charge in [0.25, 0.3) is 0 Å². The van der Waals surface area contributed by atoms with Crippen LogP contribution in [-0.2, 0) is 11.3 Å². The van der Waals surface area contributed by atoms with Gasteiger partial charge in [-0.05, 0) is 51.3 Å². The largest absolute Gasteiger partial charge is 0.373 e. The van der Waals surface area contributed by atoms with E-state index in [4.69, 9.17) is 4.74 Å². The van der Waals surface area contributed by atoms with E-state index in [0.717, 1.165) is 31.9 Å². The average molecular weight is 331 g/mol. The van der Waals surface area contributed by atoms with Crippen molar-refractivity contribution in [1.82, 2.24) is 14.7 Å². The maximum atomic E-state index is 5.90. The fourth-order valence-corrected chi connectivity index (χ4v) is 4.82. The molecule has 2 aromatic heterocycles. The molecule has 23 heavy (non-hydrogen) atoms. The van der Waals surface area contributed by atoms with Crippen LogP contribution >= 0.6 is 11.3 Å². The van der Waals surface area contributed by atoms with Crippen LogP contribution in [0.5, 0.6) is 0 Å². The topological polar surface area (TPSA) is 30.3 Å². The summed E-state index contributed by atoms with van der Waals surface area (Å²) in [7, 11) is 0. The number of aryl methyl sites for hydroxylation is 2. The maximum absolute atomic E-state index is 5.90. The third-order valence-corrected chi connectivity index (χ3v) is 6.05. The van der Waals surface area contributed by atoms with Gasteiger partial charge in [-0.15, -0.1) is 11.3 Å². The molecule has 0 aromatic carbocycles. The highest BCUT2D eigenvalue weighted by molar-refractivity contribution is 7.12. The van der Waals surface area contributed by atoms with Gasteiger partial charge in [-0.3, -0.25) is 9.58 Å². The Morgan fingerprint density at radius 2 is 2.13 bits per heavy atom. The van der Waals surface area contributed by atoms with E-state index in [2.05, 4.69) is 46.7 Å². The third kappa shape index (κ3) is 3.23. The first-order chi connectivity index (χ1) is 11.2. The van der Waals surface area contributed by atoms with E-state index >= 15 is 0 Å². The summed E-state index contributed by atoms with van der Waals surface area (Å²) in [5.74, 6) is 0. The predicted octanol–water partition coefficient (Wildman–Crippen LogP) is 3.86. The summed E-state index contributed by atoms with van der Waals surface area (Å²) < 4.78 is 8.09. The molecule has 0 aliphatic carbocycles. The van der Waals surface area contributed by atoms with Gasteiger partial charge in [0.15, 0.2) is 0 Å². The molecule has 0 saturated carbocycles. The van der Waals surface area contributed by atoms with Crippen molar-refractivity contribution in [2.24, 2.45) is 0 Å². The molecule has 4 rings (SSSR count). The van der Waals surface area contributed by atoms with Gasteiger partial charge in [-0.2, -0.15) is 5.10 Å². The fraction of sp³-hybridized carbons (Fsp3) is 0.611. The molecule has 0 bridgehead atoms. The normalized spacial score (nSPS) is 23.1. The monoisotopic (exact) mass is 331 g/mol. The second kappa shape index (κ2) is 6.38. The van der Waals surface area contributed by atoms with Gasteiger partial charge in [0.1, 0.15) is 0 Å². The molecule has 124 valence electrons. The lowest BCUT2D eigenvalue weighted by molar-refractivity contribution is 0.0172. The van der Waals surface area contributed by atoms with Gasteiger partial charge in [0.05, 0.1) is 17.8 Å². The minimum absolute atomic E-state index is 0.348. The Balaban J connectivity index is 1.32. The molecule has 5 heteroatoms. The standard InChI is InChI=1S/C18H25N3OS/c1-13-9-14(2)21(19-13)15-10-20(11-15)12-16-6-7-18(23-16)17-5-3-4-8-22-17/h6-7,9,15,17H,3-5,8,10-12H2,1-2H3/t17-/m1/s1. The molecule has 1 atom stereocenters. The molecule has 2 fully saturated rings. The number of hydrogen-bond donors (Lipinski definition) is 0. The summed E-state index contributed by atoms with van der Waals surface area (Å²) in [5.41, 5.74) is 2.40. The summed E-state index contributed by atoms with van der Waals surface area (Å²) in [5, 5.41) is 4.62. The summed E-state index contributed by atoms with van der Waals surface area (Å²) >= 11 is 1.93. The van der Waals surface area contributed by atoms with E-state index in [0.29, 0.717) is 12.1 Å². The quantitative estimate of drug-likeness (QED) is 0.852. The summed E-state index contributed by atoms with van der Waals surface area (Å²) in [6, 6.07) is 7.27. The van der Waals surface area contributed by atoms with Gasteiger partial charge < -0.3 is 4.74 Å². The van der Waals surface area contributed by atoms with E-state index in [1.54, 1.807) is 0 Å². The van der Waals surface area contributed by atoms with Crippen LogP contribution in [0.3, 0.4) is 0 Å². The summed E-state index contributed by atoms with van der Waals surface area (Å²) in [6.07, 6.45) is 4.05. The van der Waals surface area contributed by atoms with E-state index in [1.165, 1.54) is 34.7 Å². The van der Waals surface area contributed by atoms with Crippen molar-refractivity contribution in [2.75, 3.05) is 19.7 Å². The molecule has 2 saturated heterocycles. The molecular formula is C18H25N3OS. The zero-order valence-corrected chi connectivity index (χ0v) is 14.8. The number of likely N-dealkylation sites (tertiary alicyclic amines) is 1. The Labute approximate surface area is 142 Å². The van der Waals surface area contributed by atoms with Gasteiger partial charge in [0, 0.05) is 41.7 Å². The molecule has 2 aromatic rings. The van der Waals surface area contributed by atoms with Gasteiger partial charge in [-0.1, -0.05) is 0 Å². The van der Waals surface area contributed by atoms with Crippen molar-refractivity contribution >= 4 is 11.3 Å². The van der Waals surface area contributed by atoms with Crippen LogP contribution < -0.4 is 0 Å². The minimum atomic E-state index is 0.348. The Morgan fingerprint density at radius 1 is 1.26 bits per heavy atom. The third-order valence-electron chi connectivity index (χ3n) is 4.89. The van der Waals surface area contributed by atoms with Crippen molar-refractivity contribution in [2.45, 2.75) is 51.8 Å². The lowest BCUT2D eigenvalue weighted by Gasteiger charge is -2.39. The Bertz CT molecular complexity index is 666. The van der Waals surface area contributed by atoms with E-state index < -0.39 is 0 Å². The van der Waals surface area contributed by atoms with Crippen molar-refractivity contribution < 1.29 is 4.74 Å². The number of nitrogens with zero attached hydrogens (tertiary/aromatic N) is 3. The first-order valence-corrected chi connectivity index (χ1v) is 9.46. The lowest BCUT2D eigenvalue weighted by atomic mass is 10.1. The average Bonchev–Trinajstić information content (AvgIpc) is 3.10. The summed E-state index contributed by atoms with van der Waals surface area (Å²) in [6.45, 7) is 8.42. The zero-order valence-electron chi connectivity index (χ0n) is 14.0. The number of rotatable bonds is 4. The second-order valence-electron chi connectivity index (χ2n) is 6.88. The van der Waals surface area contributed by atoms with E-state index in [9.17, 15) is 0 Å². The molecule has 2 aliphatic rings. The van der Waals surface area contributed by atoms with Gasteiger partial charge in [0.2, 0.25) is 0 Å². The van der Waals surface area contributed by atoms with Crippen LogP contribution in [0.2, 0.25) is 0 Å². The van der Waals surface area contributed by atoms with Crippen molar-refractivity contribution in [1.29, 1.82) is 0 Å². The van der Waals surface area contributed by atoms with Gasteiger partial charge >= 0.3 is 0 Å². The van der Waals surface area contributed by atoms with Crippen LogP contribution in [0.1, 0.15) is 52.6 Å². The summed E-state index contributed by atoms with van der Waals surface area (Å²) in [4.78, 5) is 5.38. The van der Waals surface area contributed by atoms with Crippen LogP contribution in [0.4, 0.5) is 0 Å². The van der Waals surface area contributed by atoms with Gasteiger partial charge in [-0.25, -0.2) is 0 Å². The molecule has 0 amide bonds. The Hall–Kier alpha value is -1.17. The zero-order chi connectivity index (χ0) is 15.8. The predicted molar refractivity (Wildman–Crippen MR) is 92.9 cm³/mol. The molecule has 0 spiro atoms. The molecule has 0 radical (unpaired) electrons. The highest BCUT2D eigenvalue weighted by Gasteiger charge is 2.30. The number of ether oxygens (including phenoxy) is 1. The smallest absolute Gasteiger partial charge is 0.0916 e. The highest BCUT2D eigenvalue weighted by Crippen LogP contribution is 2.34. The molecule has 4 nitrogen and oxygen atoms in total.